The standard InChI is InChI=1S/C16H21N5O4.C11H15N5O2.C5H8O3/c1-3-10-11(25-13(23)5-4-9(2)22)6-12(24-10)21-8-20-14-15(17)18-7-19-16(14)21;1-2-7-6(17)3-8(18-7)16-5-15-9-10(12)13-4-14-11(9)16;1-4(6)2-3-5(7)8/h7-8,10-12H,3-6H2,1-2H3,(H2,17,18,19);4-8,17H,2-3H2,1H3,(H2,12,13,14);2-3H2,1H3,(H,7,8)/t10-,11?,12-;6?,7-,8-;/m11./s1. The van der Waals surface area contributed by atoms with Crippen molar-refractivity contribution in [1.82, 2.24) is 39.0 Å². The number of esters is 1. The maximum atomic E-state index is 11.9. The van der Waals surface area contributed by atoms with Crippen LogP contribution in [0.5, 0.6) is 0 Å². The number of fused-ring (bicyclic) bond motifs is 2. The number of carboxylic acid groups (broad SMARTS) is 1. The summed E-state index contributed by atoms with van der Waals surface area (Å²) in [5, 5.41) is 17.9. The average Bonchev–Trinajstić information content (AvgIpc) is 3.88. The van der Waals surface area contributed by atoms with Crippen LogP contribution in [0, 0.1) is 0 Å². The minimum Gasteiger partial charge on any atom is -0.481 e. The molecular formula is C32H44N10O9. The third-order valence-electron chi connectivity index (χ3n) is 8.24. The van der Waals surface area contributed by atoms with E-state index in [1.54, 1.807) is 21.8 Å². The van der Waals surface area contributed by atoms with E-state index >= 15 is 0 Å². The molecule has 6 rings (SSSR count). The molecule has 19 heteroatoms. The highest BCUT2D eigenvalue weighted by Gasteiger charge is 2.38. The highest BCUT2D eigenvalue weighted by atomic mass is 16.6. The lowest BCUT2D eigenvalue weighted by molar-refractivity contribution is -0.152. The molecule has 6 N–H and O–H groups in total. The molecule has 2 unspecified atom stereocenters. The summed E-state index contributed by atoms with van der Waals surface area (Å²) >= 11 is 0. The normalized spacial score (nSPS) is 22.5. The molecule has 0 saturated carbocycles. The molecule has 2 aliphatic rings. The van der Waals surface area contributed by atoms with Gasteiger partial charge in [0, 0.05) is 25.7 Å². The van der Waals surface area contributed by atoms with Crippen LogP contribution in [0.2, 0.25) is 0 Å². The molecule has 51 heavy (non-hydrogen) atoms. The van der Waals surface area contributed by atoms with Crippen molar-refractivity contribution in [3.63, 3.8) is 0 Å². The number of hydrogen-bond acceptors (Lipinski definition) is 16. The molecule has 4 aromatic heterocycles. The van der Waals surface area contributed by atoms with Crippen molar-refractivity contribution in [1.29, 1.82) is 0 Å². The number of ketones is 2. The van der Waals surface area contributed by atoms with Crippen LogP contribution in [0.3, 0.4) is 0 Å². The van der Waals surface area contributed by atoms with Crippen LogP contribution in [0.25, 0.3) is 22.3 Å². The Morgan fingerprint density at radius 2 is 1.25 bits per heavy atom. The summed E-state index contributed by atoms with van der Waals surface area (Å²) in [5.74, 6) is -0.755. The Balaban J connectivity index is 0.000000195. The number of nitrogens with two attached hydrogens (primary N) is 2. The van der Waals surface area contributed by atoms with E-state index < -0.39 is 12.1 Å². The number of aromatic nitrogens is 8. The van der Waals surface area contributed by atoms with Gasteiger partial charge in [0.05, 0.1) is 43.8 Å². The fraction of sp³-hybridized carbons (Fsp3) is 0.562. The van der Waals surface area contributed by atoms with E-state index in [-0.39, 0.29) is 74.0 Å². The van der Waals surface area contributed by atoms with Crippen LogP contribution in [-0.2, 0) is 33.4 Å². The van der Waals surface area contributed by atoms with Gasteiger partial charge in [-0.2, -0.15) is 0 Å². The molecule has 0 radical (unpaired) electrons. The molecule has 0 amide bonds. The molecule has 6 heterocycles. The molecule has 0 spiro atoms. The number of ether oxygens (including phenoxy) is 3. The number of anilines is 2. The molecule has 0 aromatic carbocycles. The molecule has 19 nitrogen and oxygen atoms in total. The molecule has 2 saturated heterocycles. The Morgan fingerprint density at radius 1 is 0.765 bits per heavy atom. The lowest BCUT2D eigenvalue weighted by Crippen LogP contribution is -2.26. The van der Waals surface area contributed by atoms with E-state index in [4.69, 9.17) is 30.8 Å². The van der Waals surface area contributed by atoms with E-state index in [2.05, 4.69) is 29.9 Å². The number of carbonyl (C=O) groups is 4. The zero-order chi connectivity index (χ0) is 37.2. The fourth-order valence-corrected chi connectivity index (χ4v) is 5.56. The van der Waals surface area contributed by atoms with Gasteiger partial charge in [-0.15, -0.1) is 0 Å². The molecule has 276 valence electrons. The lowest BCUT2D eigenvalue weighted by atomic mass is 10.1. The summed E-state index contributed by atoms with van der Waals surface area (Å²) in [4.78, 5) is 67.4. The van der Waals surface area contributed by atoms with Gasteiger partial charge in [-0.25, -0.2) is 29.9 Å². The summed E-state index contributed by atoms with van der Waals surface area (Å²) in [5.41, 5.74) is 13.8. The van der Waals surface area contributed by atoms with Crippen LogP contribution < -0.4 is 11.5 Å². The number of hydrogen-bond donors (Lipinski definition) is 4. The Labute approximate surface area is 292 Å². The van der Waals surface area contributed by atoms with Crippen molar-refractivity contribution in [3.8, 4) is 0 Å². The number of aliphatic carboxylic acids is 1. The van der Waals surface area contributed by atoms with Gasteiger partial charge in [-0.3, -0.25) is 18.7 Å². The highest BCUT2D eigenvalue weighted by molar-refractivity contribution is 5.82. The number of aliphatic hydroxyl groups is 1. The van der Waals surface area contributed by atoms with Gasteiger partial charge in [0.25, 0.3) is 0 Å². The first kappa shape index (κ1) is 38.7. The molecular weight excluding hydrogens is 668 g/mol. The fourth-order valence-electron chi connectivity index (χ4n) is 5.56. The lowest BCUT2D eigenvalue weighted by Gasteiger charge is -2.17. The Bertz CT molecular complexity index is 1820. The predicted octanol–water partition coefficient (Wildman–Crippen LogP) is 2.29. The SMILES string of the molecule is CC(=O)CCC(=O)O.CC[C@H]1O[C@@H](n2cnc3c(N)ncnc32)CC1O.CC[C@H]1O[C@@H](n2cnc3c(N)ncnc32)CC1OC(=O)CCC(C)=O. The second-order valence-corrected chi connectivity index (χ2v) is 12.1. The maximum absolute atomic E-state index is 11.9. The number of nitrogen functional groups attached to an aromatic ring is 2. The molecule has 0 aliphatic carbocycles. The monoisotopic (exact) mass is 712 g/mol. The third-order valence-corrected chi connectivity index (χ3v) is 8.24. The summed E-state index contributed by atoms with van der Waals surface area (Å²) < 4.78 is 20.9. The minimum atomic E-state index is -0.916. The van der Waals surface area contributed by atoms with Crippen LogP contribution in [0.15, 0.2) is 25.3 Å². The van der Waals surface area contributed by atoms with Gasteiger partial charge in [0.15, 0.2) is 22.9 Å². The summed E-state index contributed by atoms with van der Waals surface area (Å²) in [6.45, 7) is 6.79. The van der Waals surface area contributed by atoms with Gasteiger partial charge in [-0.05, 0) is 26.7 Å². The largest absolute Gasteiger partial charge is 0.481 e. The number of imidazole rings is 2. The van der Waals surface area contributed by atoms with Crippen LogP contribution in [0.1, 0.15) is 91.5 Å². The number of Topliss-reactive ketones (excluding diaryl/α,β-unsaturated/α-hetero) is 2. The molecule has 6 atom stereocenters. The van der Waals surface area contributed by atoms with Crippen LogP contribution in [-0.4, -0.2) is 97.2 Å². The quantitative estimate of drug-likeness (QED) is 0.162. The highest BCUT2D eigenvalue weighted by Crippen LogP contribution is 2.35. The number of aliphatic hydroxyl groups excluding tert-OH is 1. The summed E-state index contributed by atoms with van der Waals surface area (Å²) in [6, 6.07) is 0. The minimum absolute atomic E-state index is 0.0355. The van der Waals surface area contributed by atoms with Crippen molar-refractivity contribution in [2.24, 2.45) is 0 Å². The van der Waals surface area contributed by atoms with Crippen molar-refractivity contribution in [2.75, 3.05) is 11.5 Å². The van der Waals surface area contributed by atoms with Gasteiger partial charge >= 0.3 is 11.9 Å². The van der Waals surface area contributed by atoms with E-state index in [9.17, 15) is 24.3 Å². The van der Waals surface area contributed by atoms with Gasteiger partial charge in [0.1, 0.15) is 53.8 Å². The maximum Gasteiger partial charge on any atom is 0.306 e. The molecule has 2 fully saturated rings. The van der Waals surface area contributed by atoms with E-state index in [0.29, 0.717) is 53.2 Å². The molecule has 2 aliphatic heterocycles. The number of carbonyl (C=O) groups excluding carboxylic acids is 3. The number of rotatable bonds is 11. The zero-order valence-corrected chi connectivity index (χ0v) is 28.9. The Kier molecular flexibility index (Phi) is 13.4. The van der Waals surface area contributed by atoms with Crippen LogP contribution >= 0.6 is 0 Å². The van der Waals surface area contributed by atoms with Gasteiger partial charge in [-0.1, -0.05) is 13.8 Å². The van der Waals surface area contributed by atoms with Crippen molar-refractivity contribution in [3.05, 3.63) is 25.3 Å². The van der Waals surface area contributed by atoms with E-state index in [1.807, 2.05) is 13.8 Å². The van der Waals surface area contributed by atoms with Crippen molar-refractivity contribution < 1.29 is 43.6 Å². The first-order valence-electron chi connectivity index (χ1n) is 16.6. The second kappa shape index (κ2) is 17.7. The number of nitrogens with zero attached hydrogens (tertiary/aromatic N) is 8. The van der Waals surface area contributed by atoms with Gasteiger partial charge in [0.2, 0.25) is 0 Å². The second-order valence-electron chi connectivity index (χ2n) is 12.1. The summed E-state index contributed by atoms with van der Waals surface area (Å²) in [7, 11) is 0. The number of carboxylic acids is 1. The van der Waals surface area contributed by atoms with Crippen molar-refractivity contribution in [2.45, 2.75) is 116 Å². The summed E-state index contributed by atoms with van der Waals surface area (Å²) in [6.07, 6.45) is 7.12. The average molecular weight is 713 g/mol. The molecule has 4 aromatic rings. The molecule has 0 bridgehead atoms. The van der Waals surface area contributed by atoms with Gasteiger partial charge < -0.3 is 45.5 Å². The smallest absolute Gasteiger partial charge is 0.306 e. The van der Waals surface area contributed by atoms with E-state index in [1.165, 1.54) is 26.5 Å². The van der Waals surface area contributed by atoms with E-state index in [0.717, 1.165) is 6.42 Å². The van der Waals surface area contributed by atoms with Crippen molar-refractivity contribution >= 4 is 57.5 Å². The zero-order valence-electron chi connectivity index (χ0n) is 28.9. The third kappa shape index (κ3) is 9.98. The predicted molar refractivity (Wildman–Crippen MR) is 180 cm³/mol. The van der Waals surface area contributed by atoms with Crippen LogP contribution in [0.4, 0.5) is 11.6 Å². The Morgan fingerprint density at radius 3 is 1.71 bits per heavy atom. The topological polar surface area (TPSA) is 276 Å². The Hall–Kier alpha value is -5.14. The first-order valence-corrected chi connectivity index (χ1v) is 16.6. The first-order chi connectivity index (χ1) is 24.3.